The van der Waals surface area contributed by atoms with Gasteiger partial charge in [0.15, 0.2) is 0 Å². The van der Waals surface area contributed by atoms with Crippen LogP contribution < -0.4 is 11.3 Å². The van der Waals surface area contributed by atoms with E-state index in [1.54, 1.807) is 0 Å². The van der Waals surface area contributed by atoms with Crippen LogP contribution in [0, 0.1) is 17.8 Å². The minimum absolute atomic E-state index is 0.205. The summed E-state index contributed by atoms with van der Waals surface area (Å²) in [7, 11) is 0. The molecule has 3 nitrogen and oxygen atoms in total. The molecule has 1 aliphatic carbocycles. The molecule has 2 fully saturated rings. The average Bonchev–Trinajstić information content (AvgIpc) is 2.47. The molecule has 2 rings (SSSR count). The topological polar surface area (TPSA) is 41.3 Å². The van der Waals surface area contributed by atoms with Gasteiger partial charge in [-0.3, -0.25) is 16.2 Å². The van der Waals surface area contributed by atoms with Crippen molar-refractivity contribution < 1.29 is 0 Å². The Morgan fingerprint density at radius 3 is 2.14 bits per heavy atom. The third-order valence-electron chi connectivity index (χ3n) is 6.33. The van der Waals surface area contributed by atoms with Crippen LogP contribution >= 0.6 is 0 Å². The van der Waals surface area contributed by atoms with E-state index in [1.807, 2.05) is 0 Å². The number of hydrogen-bond acceptors (Lipinski definition) is 3. The van der Waals surface area contributed by atoms with Gasteiger partial charge in [0, 0.05) is 11.6 Å². The molecule has 3 heteroatoms. The summed E-state index contributed by atoms with van der Waals surface area (Å²) in [6, 6.07) is 0.422. The zero-order valence-electron chi connectivity index (χ0n) is 14.7. The van der Waals surface area contributed by atoms with Crippen LogP contribution in [0.5, 0.6) is 0 Å². The van der Waals surface area contributed by atoms with E-state index in [-0.39, 0.29) is 5.54 Å². The summed E-state index contributed by atoms with van der Waals surface area (Å²) >= 11 is 0. The summed E-state index contributed by atoms with van der Waals surface area (Å²) in [5.74, 6) is 8.50. The van der Waals surface area contributed by atoms with Crippen molar-refractivity contribution in [3.63, 3.8) is 0 Å². The number of hydrogen-bond donors (Lipinski definition) is 2. The maximum Gasteiger partial charge on any atom is 0.0420 e. The summed E-state index contributed by atoms with van der Waals surface area (Å²) in [5.41, 5.74) is 3.47. The second-order valence-corrected chi connectivity index (χ2v) is 8.08. The largest absolute Gasteiger partial charge is 0.296 e. The monoisotopic (exact) mass is 295 g/mol. The quantitative estimate of drug-likeness (QED) is 0.602. The summed E-state index contributed by atoms with van der Waals surface area (Å²) in [5, 5.41) is 0. The third-order valence-corrected chi connectivity index (χ3v) is 6.33. The van der Waals surface area contributed by atoms with Crippen LogP contribution in [0.15, 0.2) is 0 Å². The Bertz CT molecular complexity index is 304. The Morgan fingerprint density at radius 2 is 1.67 bits per heavy atom. The molecule has 1 saturated carbocycles. The van der Waals surface area contributed by atoms with Crippen LogP contribution in [0.4, 0.5) is 0 Å². The van der Waals surface area contributed by atoms with Crippen LogP contribution in [0.3, 0.4) is 0 Å². The predicted octanol–water partition coefficient (Wildman–Crippen LogP) is 3.55. The predicted molar refractivity (Wildman–Crippen MR) is 90.9 cm³/mol. The smallest absolute Gasteiger partial charge is 0.0420 e. The molecule has 4 unspecified atom stereocenters. The van der Waals surface area contributed by atoms with Crippen molar-refractivity contribution in [3.05, 3.63) is 0 Å². The summed E-state index contributed by atoms with van der Waals surface area (Å²) in [4.78, 5) is 2.73. The first kappa shape index (κ1) is 17.2. The van der Waals surface area contributed by atoms with E-state index in [0.29, 0.717) is 6.04 Å². The average molecular weight is 296 g/mol. The molecule has 1 aliphatic heterocycles. The number of nitrogens with one attached hydrogen (secondary N) is 1. The maximum atomic E-state index is 6.09. The number of hydrazine groups is 1. The van der Waals surface area contributed by atoms with Gasteiger partial charge in [0.1, 0.15) is 0 Å². The zero-order valence-corrected chi connectivity index (χ0v) is 14.7. The third kappa shape index (κ3) is 3.80. The summed E-state index contributed by atoms with van der Waals surface area (Å²) in [6.45, 7) is 12.1. The van der Waals surface area contributed by atoms with Crippen molar-refractivity contribution >= 4 is 0 Å². The first-order valence-electron chi connectivity index (χ1n) is 9.22. The van der Waals surface area contributed by atoms with Gasteiger partial charge < -0.3 is 0 Å². The molecule has 3 N–H and O–H groups in total. The summed E-state index contributed by atoms with van der Waals surface area (Å²) < 4.78 is 0. The number of piperidine rings is 1. The molecule has 124 valence electrons. The first-order chi connectivity index (χ1) is 10.0. The molecule has 2 aliphatic rings. The molecule has 0 radical (unpaired) electrons. The molecule has 4 atom stereocenters. The fraction of sp³-hybridized carbons (Fsp3) is 1.00. The Labute approximate surface area is 132 Å². The van der Waals surface area contributed by atoms with Crippen molar-refractivity contribution in [2.45, 2.75) is 84.2 Å². The van der Waals surface area contributed by atoms with Gasteiger partial charge in [-0.15, -0.1) is 0 Å². The Morgan fingerprint density at radius 1 is 1.10 bits per heavy atom. The Kier molecular flexibility index (Phi) is 6.10. The van der Waals surface area contributed by atoms with Gasteiger partial charge >= 0.3 is 0 Å². The molecule has 0 bridgehead atoms. The molecular formula is C18H37N3. The maximum absolute atomic E-state index is 6.09. The van der Waals surface area contributed by atoms with Crippen molar-refractivity contribution in [2.75, 3.05) is 13.1 Å². The van der Waals surface area contributed by atoms with E-state index in [1.165, 1.54) is 58.0 Å². The molecule has 1 saturated heterocycles. The zero-order chi connectivity index (χ0) is 15.5. The molecule has 1 heterocycles. The highest BCUT2D eigenvalue weighted by atomic mass is 15.3. The Balaban J connectivity index is 2.15. The lowest BCUT2D eigenvalue weighted by Gasteiger charge is -2.51. The fourth-order valence-electron chi connectivity index (χ4n) is 5.15. The number of rotatable bonds is 5. The van der Waals surface area contributed by atoms with Crippen molar-refractivity contribution in [1.29, 1.82) is 0 Å². The molecule has 0 aromatic heterocycles. The standard InChI is InChI=1S/C18H37N3/c1-5-18(4,21-9-7-6-8-10-21)17(20-19)16-12-14(2)11-15(3)13-16/h14-17,20H,5-13,19H2,1-4H3. The van der Waals surface area contributed by atoms with E-state index < -0.39 is 0 Å². The SMILES string of the molecule is CCC(C)(C(NN)C1CC(C)CC(C)C1)N1CCCCC1. The second-order valence-electron chi connectivity index (χ2n) is 8.08. The van der Waals surface area contributed by atoms with Gasteiger partial charge in [0.2, 0.25) is 0 Å². The van der Waals surface area contributed by atoms with E-state index in [4.69, 9.17) is 5.84 Å². The van der Waals surface area contributed by atoms with Gasteiger partial charge in [-0.2, -0.15) is 0 Å². The van der Waals surface area contributed by atoms with Crippen molar-refractivity contribution in [1.82, 2.24) is 10.3 Å². The molecule has 0 spiro atoms. The van der Waals surface area contributed by atoms with E-state index in [0.717, 1.165) is 17.8 Å². The fourth-order valence-corrected chi connectivity index (χ4v) is 5.15. The van der Waals surface area contributed by atoms with Crippen LogP contribution in [0.1, 0.15) is 72.6 Å². The minimum Gasteiger partial charge on any atom is -0.296 e. The van der Waals surface area contributed by atoms with Gasteiger partial charge in [-0.05, 0) is 76.3 Å². The molecule has 21 heavy (non-hydrogen) atoms. The summed E-state index contributed by atoms with van der Waals surface area (Å²) in [6.07, 6.45) is 9.34. The van der Waals surface area contributed by atoms with Crippen LogP contribution in [0.2, 0.25) is 0 Å². The van der Waals surface area contributed by atoms with Gasteiger partial charge in [0.05, 0.1) is 0 Å². The van der Waals surface area contributed by atoms with Gasteiger partial charge in [-0.1, -0.05) is 27.2 Å². The minimum atomic E-state index is 0.205. The van der Waals surface area contributed by atoms with Crippen molar-refractivity contribution in [3.8, 4) is 0 Å². The lowest BCUT2D eigenvalue weighted by atomic mass is 9.68. The second kappa shape index (κ2) is 7.43. The number of nitrogens with zero attached hydrogens (tertiary/aromatic N) is 1. The highest BCUT2D eigenvalue weighted by molar-refractivity contribution is 5.01. The van der Waals surface area contributed by atoms with E-state index in [9.17, 15) is 0 Å². The highest BCUT2D eigenvalue weighted by Gasteiger charge is 2.43. The normalized spacial score (nSPS) is 36.1. The Hall–Kier alpha value is -0.120. The first-order valence-corrected chi connectivity index (χ1v) is 9.22. The van der Waals surface area contributed by atoms with Crippen molar-refractivity contribution in [2.24, 2.45) is 23.6 Å². The highest BCUT2D eigenvalue weighted by Crippen LogP contribution is 2.40. The van der Waals surface area contributed by atoms with Crippen LogP contribution in [-0.2, 0) is 0 Å². The van der Waals surface area contributed by atoms with E-state index in [2.05, 4.69) is 38.0 Å². The lowest BCUT2D eigenvalue weighted by molar-refractivity contribution is 0.00662. The van der Waals surface area contributed by atoms with Crippen LogP contribution in [-0.4, -0.2) is 29.6 Å². The molecule has 0 aromatic carbocycles. The number of likely N-dealkylation sites (tertiary alicyclic amines) is 1. The van der Waals surface area contributed by atoms with Crippen LogP contribution in [0.25, 0.3) is 0 Å². The number of nitrogens with two attached hydrogens (primary N) is 1. The van der Waals surface area contributed by atoms with E-state index >= 15 is 0 Å². The van der Waals surface area contributed by atoms with Gasteiger partial charge in [0.25, 0.3) is 0 Å². The lowest BCUT2D eigenvalue weighted by Crippen LogP contribution is -2.64. The molecular weight excluding hydrogens is 258 g/mol. The molecule has 0 aromatic rings. The molecule has 0 amide bonds. The van der Waals surface area contributed by atoms with Gasteiger partial charge in [-0.25, -0.2) is 0 Å².